The van der Waals surface area contributed by atoms with Gasteiger partial charge in [0.15, 0.2) is 0 Å². The number of carboxylic acid groups (broad SMARTS) is 1. The van der Waals surface area contributed by atoms with Crippen LogP contribution >= 0.6 is 0 Å². The number of aliphatic carboxylic acids is 1. The number of hydrogen-bond acceptors (Lipinski definition) is 2. The van der Waals surface area contributed by atoms with Crippen molar-refractivity contribution in [1.29, 1.82) is 0 Å². The van der Waals surface area contributed by atoms with E-state index in [1.807, 2.05) is 14.1 Å². The molecule has 0 aromatic carbocycles. The molecule has 3 nitrogen and oxygen atoms in total. The zero-order valence-electron chi connectivity index (χ0n) is 7.13. The number of hydrogen-bond donors (Lipinski definition) is 1. The van der Waals surface area contributed by atoms with Crippen LogP contribution in [0.25, 0.3) is 0 Å². The first kappa shape index (κ1) is 8.53. The normalized spacial score (nSPS) is 20.3. The predicted molar refractivity (Wildman–Crippen MR) is 42.5 cm³/mol. The Hall–Kier alpha value is -0.570. The van der Waals surface area contributed by atoms with Crippen LogP contribution in [-0.2, 0) is 4.79 Å². The van der Waals surface area contributed by atoms with Gasteiger partial charge in [-0.1, -0.05) is 0 Å². The van der Waals surface area contributed by atoms with Crippen LogP contribution < -0.4 is 0 Å². The zero-order valence-corrected chi connectivity index (χ0v) is 7.13. The van der Waals surface area contributed by atoms with Crippen LogP contribution in [0.5, 0.6) is 0 Å². The third-order valence-corrected chi connectivity index (χ3v) is 2.58. The van der Waals surface area contributed by atoms with Gasteiger partial charge in [-0.2, -0.15) is 0 Å². The van der Waals surface area contributed by atoms with Crippen LogP contribution in [0.2, 0.25) is 0 Å². The average Bonchev–Trinajstić information content (AvgIpc) is 2.63. The molecule has 0 aromatic rings. The van der Waals surface area contributed by atoms with Crippen LogP contribution in [0.3, 0.4) is 0 Å². The molecule has 64 valence electrons. The summed E-state index contributed by atoms with van der Waals surface area (Å²) >= 11 is 0. The first-order valence-electron chi connectivity index (χ1n) is 3.96. The van der Waals surface area contributed by atoms with E-state index in [2.05, 4.69) is 4.90 Å². The van der Waals surface area contributed by atoms with Crippen LogP contribution in [0.15, 0.2) is 0 Å². The Morgan fingerprint density at radius 2 is 2.09 bits per heavy atom. The Morgan fingerprint density at radius 3 is 2.36 bits per heavy atom. The SMILES string of the molecule is CN(C)C1(CCC(=O)O)CC1. The summed E-state index contributed by atoms with van der Waals surface area (Å²) in [5, 5.41) is 8.47. The summed E-state index contributed by atoms with van der Waals surface area (Å²) < 4.78 is 0. The molecule has 0 radical (unpaired) electrons. The smallest absolute Gasteiger partial charge is 0.303 e. The molecule has 0 spiro atoms. The molecule has 0 saturated heterocycles. The molecule has 1 rings (SSSR count). The minimum absolute atomic E-state index is 0.235. The Balaban J connectivity index is 2.30. The molecule has 1 N–H and O–H groups in total. The van der Waals surface area contributed by atoms with Gasteiger partial charge in [0.25, 0.3) is 0 Å². The molecule has 1 fully saturated rings. The van der Waals surface area contributed by atoms with Crippen molar-refractivity contribution >= 4 is 5.97 Å². The fraction of sp³-hybridized carbons (Fsp3) is 0.875. The van der Waals surface area contributed by atoms with Gasteiger partial charge in [-0.15, -0.1) is 0 Å². The van der Waals surface area contributed by atoms with Crippen molar-refractivity contribution in [2.24, 2.45) is 0 Å². The van der Waals surface area contributed by atoms with Crippen molar-refractivity contribution in [2.45, 2.75) is 31.2 Å². The van der Waals surface area contributed by atoms with Gasteiger partial charge in [0.1, 0.15) is 0 Å². The second kappa shape index (κ2) is 2.81. The third-order valence-electron chi connectivity index (χ3n) is 2.58. The quantitative estimate of drug-likeness (QED) is 0.660. The highest BCUT2D eigenvalue weighted by molar-refractivity contribution is 5.66. The third kappa shape index (κ3) is 1.93. The second-order valence-electron chi connectivity index (χ2n) is 3.51. The summed E-state index contributed by atoms with van der Waals surface area (Å²) in [6, 6.07) is 0. The van der Waals surface area contributed by atoms with Gasteiger partial charge in [0, 0.05) is 12.0 Å². The minimum Gasteiger partial charge on any atom is -0.481 e. The highest BCUT2D eigenvalue weighted by Crippen LogP contribution is 2.43. The van der Waals surface area contributed by atoms with E-state index in [9.17, 15) is 4.79 Å². The standard InChI is InChI=1S/C8H15NO2/c1-9(2)8(5-6-8)4-3-7(10)11/h3-6H2,1-2H3,(H,10,11). The van der Waals surface area contributed by atoms with Crippen LogP contribution in [0.4, 0.5) is 0 Å². The largest absolute Gasteiger partial charge is 0.481 e. The lowest BCUT2D eigenvalue weighted by Gasteiger charge is -2.22. The zero-order chi connectivity index (χ0) is 8.48. The Morgan fingerprint density at radius 1 is 1.55 bits per heavy atom. The van der Waals surface area contributed by atoms with E-state index in [0.29, 0.717) is 6.42 Å². The van der Waals surface area contributed by atoms with E-state index in [1.54, 1.807) is 0 Å². The van der Waals surface area contributed by atoms with Crippen LogP contribution in [0, 0.1) is 0 Å². The molecule has 0 unspecified atom stereocenters. The van der Waals surface area contributed by atoms with Gasteiger partial charge >= 0.3 is 5.97 Å². The second-order valence-corrected chi connectivity index (χ2v) is 3.51. The highest BCUT2D eigenvalue weighted by atomic mass is 16.4. The maximum absolute atomic E-state index is 10.3. The molecule has 0 amide bonds. The van der Waals surface area contributed by atoms with Gasteiger partial charge in [-0.3, -0.25) is 4.79 Å². The summed E-state index contributed by atoms with van der Waals surface area (Å²) in [6.45, 7) is 0. The number of carbonyl (C=O) groups is 1. The van der Waals surface area contributed by atoms with Crippen molar-refractivity contribution < 1.29 is 9.90 Å². The molecule has 0 atom stereocenters. The monoisotopic (exact) mass is 157 g/mol. The van der Waals surface area contributed by atoms with Gasteiger partial charge in [0.05, 0.1) is 0 Å². The maximum atomic E-state index is 10.3. The van der Waals surface area contributed by atoms with Crippen molar-refractivity contribution in [1.82, 2.24) is 4.90 Å². The van der Waals surface area contributed by atoms with E-state index in [0.717, 1.165) is 19.3 Å². The summed E-state index contributed by atoms with van der Waals surface area (Å²) in [7, 11) is 4.05. The fourth-order valence-corrected chi connectivity index (χ4v) is 1.40. The topological polar surface area (TPSA) is 40.5 Å². The number of carboxylic acids is 1. The van der Waals surface area contributed by atoms with E-state index in [-0.39, 0.29) is 5.54 Å². The molecule has 0 aliphatic heterocycles. The minimum atomic E-state index is -0.682. The van der Waals surface area contributed by atoms with Crippen molar-refractivity contribution in [2.75, 3.05) is 14.1 Å². The lowest BCUT2D eigenvalue weighted by Crippen LogP contribution is -2.30. The van der Waals surface area contributed by atoms with E-state index >= 15 is 0 Å². The van der Waals surface area contributed by atoms with Crippen molar-refractivity contribution in [3.63, 3.8) is 0 Å². The van der Waals surface area contributed by atoms with E-state index < -0.39 is 5.97 Å². The number of nitrogens with zero attached hydrogens (tertiary/aromatic N) is 1. The lowest BCUT2D eigenvalue weighted by atomic mass is 10.1. The van der Waals surface area contributed by atoms with Gasteiger partial charge < -0.3 is 10.0 Å². The van der Waals surface area contributed by atoms with E-state index in [4.69, 9.17) is 5.11 Å². The highest BCUT2D eigenvalue weighted by Gasteiger charge is 2.44. The van der Waals surface area contributed by atoms with Crippen LogP contribution in [0.1, 0.15) is 25.7 Å². The van der Waals surface area contributed by atoms with Crippen LogP contribution in [-0.4, -0.2) is 35.6 Å². The molecule has 0 aromatic heterocycles. The lowest BCUT2D eigenvalue weighted by molar-refractivity contribution is -0.137. The molecule has 1 aliphatic carbocycles. The number of rotatable bonds is 4. The predicted octanol–water partition coefficient (Wildman–Crippen LogP) is 0.945. The molecule has 0 bridgehead atoms. The van der Waals surface area contributed by atoms with E-state index in [1.165, 1.54) is 0 Å². The summed E-state index contributed by atoms with van der Waals surface area (Å²) in [6.07, 6.45) is 3.42. The Bertz CT molecular complexity index is 161. The van der Waals surface area contributed by atoms with Gasteiger partial charge in [-0.25, -0.2) is 0 Å². The molecule has 3 heteroatoms. The molecule has 0 heterocycles. The summed E-state index contributed by atoms with van der Waals surface area (Å²) in [4.78, 5) is 12.4. The molecular formula is C8H15NO2. The first-order chi connectivity index (χ1) is 5.07. The van der Waals surface area contributed by atoms with Gasteiger partial charge in [-0.05, 0) is 33.4 Å². The average molecular weight is 157 g/mol. The summed E-state index contributed by atoms with van der Waals surface area (Å²) in [5.41, 5.74) is 0.235. The maximum Gasteiger partial charge on any atom is 0.303 e. The van der Waals surface area contributed by atoms with Gasteiger partial charge in [0.2, 0.25) is 0 Å². The van der Waals surface area contributed by atoms with Crippen molar-refractivity contribution in [3.05, 3.63) is 0 Å². The fourth-order valence-electron chi connectivity index (χ4n) is 1.40. The Kier molecular flexibility index (Phi) is 2.18. The summed E-state index contributed by atoms with van der Waals surface area (Å²) in [5.74, 6) is -0.682. The van der Waals surface area contributed by atoms with Crippen molar-refractivity contribution in [3.8, 4) is 0 Å². The molecule has 1 saturated carbocycles. The molecular weight excluding hydrogens is 142 g/mol. The molecule has 1 aliphatic rings. The first-order valence-corrected chi connectivity index (χ1v) is 3.96. The Labute approximate surface area is 67.0 Å². The molecule has 11 heavy (non-hydrogen) atoms.